The molecule has 35 heavy (non-hydrogen) atoms. The summed E-state index contributed by atoms with van der Waals surface area (Å²) in [7, 11) is 0. The molecule has 0 aliphatic rings. The Balaban J connectivity index is 1.32. The van der Waals surface area contributed by atoms with Gasteiger partial charge in [-0.25, -0.2) is 14.5 Å². The number of nitrogens with one attached hydrogen (secondary N) is 1. The standard InChI is InChI=1S/C26H19ClFN5O2/c1-17-24(26(27)33(32-17)22-10-8-21(28)9-11-22)15-30-31-25(34)16-35-23-12-6-20(7-13-23)19-4-2-18(14-29)3-5-19/h2-13,15H,16H2,1H3,(H,31,34)/b30-15+. The summed E-state index contributed by atoms with van der Waals surface area (Å²) in [5.41, 5.74) is 6.64. The SMILES string of the molecule is Cc1nn(-c2ccc(F)cc2)c(Cl)c1/C=N/NC(=O)COc1ccc(-c2ccc(C#N)cc2)cc1. The first kappa shape index (κ1) is 23.7. The van der Waals surface area contributed by atoms with Crippen LogP contribution in [0.4, 0.5) is 4.39 Å². The Kier molecular flexibility index (Phi) is 7.19. The van der Waals surface area contributed by atoms with Gasteiger partial charge < -0.3 is 4.74 Å². The van der Waals surface area contributed by atoms with Crippen molar-refractivity contribution in [1.29, 1.82) is 5.26 Å². The first-order chi connectivity index (χ1) is 16.9. The summed E-state index contributed by atoms with van der Waals surface area (Å²) < 4.78 is 20.1. The fourth-order valence-electron chi connectivity index (χ4n) is 3.24. The van der Waals surface area contributed by atoms with E-state index < -0.39 is 5.91 Å². The third-order valence-electron chi connectivity index (χ3n) is 5.07. The van der Waals surface area contributed by atoms with E-state index in [-0.39, 0.29) is 17.6 Å². The Labute approximate surface area is 206 Å². The lowest BCUT2D eigenvalue weighted by Gasteiger charge is -2.07. The van der Waals surface area contributed by atoms with Crippen molar-refractivity contribution in [2.45, 2.75) is 6.92 Å². The van der Waals surface area contributed by atoms with Crippen molar-refractivity contribution in [3.05, 3.63) is 101 Å². The molecule has 0 atom stereocenters. The topological polar surface area (TPSA) is 92.3 Å². The molecule has 174 valence electrons. The lowest BCUT2D eigenvalue weighted by molar-refractivity contribution is -0.123. The maximum absolute atomic E-state index is 13.2. The largest absolute Gasteiger partial charge is 0.484 e. The summed E-state index contributed by atoms with van der Waals surface area (Å²) in [5.74, 6) is -0.277. The van der Waals surface area contributed by atoms with Crippen molar-refractivity contribution in [3.8, 4) is 28.6 Å². The van der Waals surface area contributed by atoms with Crippen molar-refractivity contribution in [2.24, 2.45) is 5.10 Å². The summed E-state index contributed by atoms with van der Waals surface area (Å²) in [5, 5.41) is 17.5. The van der Waals surface area contributed by atoms with Crippen molar-refractivity contribution < 1.29 is 13.9 Å². The Morgan fingerprint density at radius 1 is 1.11 bits per heavy atom. The minimum absolute atomic E-state index is 0.227. The molecule has 0 aliphatic heterocycles. The molecule has 0 aliphatic carbocycles. The molecule has 1 aromatic heterocycles. The zero-order valence-corrected chi connectivity index (χ0v) is 19.3. The number of ether oxygens (including phenoxy) is 1. The molecule has 0 saturated carbocycles. The highest BCUT2D eigenvalue weighted by atomic mass is 35.5. The van der Waals surface area contributed by atoms with E-state index in [0.717, 1.165) is 11.1 Å². The highest BCUT2D eigenvalue weighted by molar-refractivity contribution is 6.32. The van der Waals surface area contributed by atoms with Gasteiger partial charge in [0.1, 0.15) is 16.7 Å². The predicted molar refractivity (Wildman–Crippen MR) is 131 cm³/mol. The second kappa shape index (κ2) is 10.6. The van der Waals surface area contributed by atoms with Gasteiger partial charge in [0.2, 0.25) is 0 Å². The minimum atomic E-state index is -0.447. The fraction of sp³-hybridized carbons (Fsp3) is 0.0769. The third kappa shape index (κ3) is 5.72. The van der Waals surface area contributed by atoms with Crippen LogP contribution in [-0.4, -0.2) is 28.5 Å². The van der Waals surface area contributed by atoms with Crippen molar-refractivity contribution >= 4 is 23.7 Å². The molecule has 0 radical (unpaired) electrons. The first-order valence-corrected chi connectivity index (χ1v) is 10.9. The molecule has 9 heteroatoms. The van der Waals surface area contributed by atoms with Gasteiger partial charge in [-0.2, -0.15) is 15.5 Å². The first-order valence-electron chi connectivity index (χ1n) is 10.5. The normalized spacial score (nSPS) is 10.8. The van der Waals surface area contributed by atoms with E-state index in [0.29, 0.717) is 28.3 Å². The molecule has 0 bridgehead atoms. The van der Waals surface area contributed by atoms with Crippen LogP contribution in [-0.2, 0) is 4.79 Å². The summed E-state index contributed by atoms with van der Waals surface area (Å²) in [6.45, 7) is 1.52. The molecule has 1 heterocycles. The van der Waals surface area contributed by atoms with Gasteiger partial charge in [-0.1, -0.05) is 35.9 Å². The molecular formula is C26H19ClFN5O2. The van der Waals surface area contributed by atoms with E-state index in [2.05, 4.69) is 21.7 Å². The van der Waals surface area contributed by atoms with Crippen LogP contribution in [0.1, 0.15) is 16.8 Å². The predicted octanol–water partition coefficient (Wildman–Crippen LogP) is 5.04. The maximum Gasteiger partial charge on any atom is 0.277 e. The van der Waals surface area contributed by atoms with Gasteiger partial charge in [-0.3, -0.25) is 4.79 Å². The highest BCUT2D eigenvalue weighted by Crippen LogP contribution is 2.23. The molecule has 3 aromatic carbocycles. The van der Waals surface area contributed by atoms with Crippen molar-refractivity contribution in [3.63, 3.8) is 0 Å². The van der Waals surface area contributed by atoms with Crippen LogP contribution in [0, 0.1) is 24.1 Å². The van der Waals surface area contributed by atoms with E-state index >= 15 is 0 Å². The summed E-state index contributed by atoms with van der Waals surface area (Å²) >= 11 is 6.40. The van der Waals surface area contributed by atoms with Gasteiger partial charge in [0, 0.05) is 0 Å². The highest BCUT2D eigenvalue weighted by Gasteiger charge is 2.13. The summed E-state index contributed by atoms with van der Waals surface area (Å²) in [6.07, 6.45) is 1.40. The van der Waals surface area contributed by atoms with Crippen molar-refractivity contribution in [2.75, 3.05) is 6.61 Å². The number of hydrogen-bond acceptors (Lipinski definition) is 5. The van der Waals surface area contributed by atoms with Crippen LogP contribution < -0.4 is 10.2 Å². The molecule has 4 rings (SSSR count). The average Bonchev–Trinajstić information content (AvgIpc) is 3.17. The quantitative estimate of drug-likeness (QED) is 0.292. The van der Waals surface area contributed by atoms with Crippen LogP contribution >= 0.6 is 11.6 Å². The third-order valence-corrected chi connectivity index (χ3v) is 5.44. The van der Waals surface area contributed by atoms with Crippen LogP contribution in [0.25, 0.3) is 16.8 Å². The maximum atomic E-state index is 13.2. The lowest BCUT2D eigenvalue weighted by atomic mass is 10.0. The molecule has 0 saturated heterocycles. The number of halogens is 2. The second-order valence-electron chi connectivity index (χ2n) is 7.47. The van der Waals surface area contributed by atoms with Gasteiger partial charge >= 0.3 is 0 Å². The number of aryl methyl sites for hydroxylation is 1. The Hall–Kier alpha value is -4.48. The number of aromatic nitrogens is 2. The zero-order chi connectivity index (χ0) is 24.8. The molecule has 0 unspecified atom stereocenters. The second-order valence-corrected chi connectivity index (χ2v) is 7.83. The van der Waals surface area contributed by atoms with Crippen LogP contribution in [0.2, 0.25) is 5.15 Å². The molecule has 0 fully saturated rings. The lowest BCUT2D eigenvalue weighted by Crippen LogP contribution is -2.24. The van der Waals surface area contributed by atoms with Gasteiger partial charge in [-0.15, -0.1) is 0 Å². The van der Waals surface area contributed by atoms with E-state index in [9.17, 15) is 9.18 Å². The number of carbonyl (C=O) groups excluding carboxylic acids is 1. The van der Waals surface area contributed by atoms with E-state index in [1.165, 1.54) is 23.0 Å². The monoisotopic (exact) mass is 487 g/mol. The van der Waals surface area contributed by atoms with Crippen LogP contribution in [0.15, 0.2) is 77.9 Å². The molecular weight excluding hydrogens is 469 g/mol. The van der Waals surface area contributed by atoms with E-state index in [4.69, 9.17) is 21.6 Å². The number of nitrogens with zero attached hydrogens (tertiary/aromatic N) is 4. The van der Waals surface area contributed by atoms with Gasteiger partial charge in [0.05, 0.1) is 34.8 Å². The fourth-order valence-corrected chi connectivity index (χ4v) is 3.56. The van der Waals surface area contributed by atoms with Crippen LogP contribution in [0.3, 0.4) is 0 Å². The molecule has 7 nitrogen and oxygen atoms in total. The zero-order valence-electron chi connectivity index (χ0n) is 18.6. The number of hydrazone groups is 1. The number of nitriles is 1. The summed E-state index contributed by atoms with van der Waals surface area (Å²) in [4.78, 5) is 12.1. The molecule has 1 amide bonds. The average molecular weight is 488 g/mol. The van der Waals surface area contributed by atoms with Crippen molar-refractivity contribution in [1.82, 2.24) is 15.2 Å². The van der Waals surface area contributed by atoms with Gasteiger partial charge in [0.15, 0.2) is 6.61 Å². The number of benzene rings is 3. The number of amides is 1. The minimum Gasteiger partial charge on any atom is -0.484 e. The number of rotatable bonds is 7. The van der Waals surface area contributed by atoms with Gasteiger partial charge in [0.25, 0.3) is 5.91 Å². The Morgan fingerprint density at radius 3 is 2.37 bits per heavy atom. The molecule has 4 aromatic rings. The Bertz CT molecular complexity index is 1410. The van der Waals surface area contributed by atoms with E-state index in [1.807, 2.05) is 24.3 Å². The van der Waals surface area contributed by atoms with Crippen LogP contribution in [0.5, 0.6) is 5.75 Å². The molecule has 1 N–H and O–H groups in total. The van der Waals surface area contributed by atoms with Gasteiger partial charge in [-0.05, 0) is 66.6 Å². The number of carbonyl (C=O) groups is 1. The van der Waals surface area contributed by atoms with E-state index in [1.54, 1.807) is 43.3 Å². The molecule has 0 spiro atoms. The smallest absolute Gasteiger partial charge is 0.277 e. The number of hydrogen-bond donors (Lipinski definition) is 1. The summed E-state index contributed by atoms with van der Waals surface area (Å²) in [6, 6.07) is 22.4. The Morgan fingerprint density at radius 2 is 1.74 bits per heavy atom.